The molecule has 0 aromatic rings. The van der Waals surface area contributed by atoms with Gasteiger partial charge in [0.15, 0.2) is 0 Å². The zero-order valence-corrected chi connectivity index (χ0v) is 14.4. The molecule has 1 amide bonds. The van der Waals surface area contributed by atoms with Gasteiger partial charge in [-0.15, -0.1) is 0 Å². The lowest BCUT2D eigenvalue weighted by molar-refractivity contribution is -0.190. The van der Waals surface area contributed by atoms with Crippen LogP contribution in [0.5, 0.6) is 0 Å². The molecule has 6 nitrogen and oxygen atoms in total. The lowest BCUT2D eigenvalue weighted by Gasteiger charge is -2.41. The van der Waals surface area contributed by atoms with Crippen molar-refractivity contribution in [2.24, 2.45) is 0 Å². The molecule has 5 atom stereocenters. The van der Waals surface area contributed by atoms with Crippen molar-refractivity contribution in [2.45, 2.75) is 95.7 Å². The average Bonchev–Trinajstić information content (AvgIpc) is 2.54. The van der Waals surface area contributed by atoms with Crippen LogP contribution in [0.4, 0.5) is 0 Å². The molecule has 1 fully saturated rings. The molecule has 0 bridgehead atoms. The molecule has 1 aliphatic heterocycles. The predicted molar refractivity (Wildman–Crippen MR) is 88.0 cm³/mol. The van der Waals surface area contributed by atoms with Crippen LogP contribution in [0.2, 0.25) is 0 Å². The third kappa shape index (κ3) is 6.75. The molecule has 0 aromatic carbocycles. The molecule has 0 saturated carbocycles. The van der Waals surface area contributed by atoms with E-state index in [1.807, 2.05) is 0 Å². The quantitative estimate of drug-likeness (QED) is 0.450. The van der Waals surface area contributed by atoms with Gasteiger partial charge >= 0.3 is 0 Å². The summed E-state index contributed by atoms with van der Waals surface area (Å²) in [5.41, 5.74) is 0. The second-order valence-corrected chi connectivity index (χ2v) is 6.51. The molecule has 1 heterocycles. The highest BCUT2D eigenvalue weighted by Crippen LogP contribution is 2.21. The number of hydrogen-bond donors (Lipinski definition) is 4. The highest BCUT2D eigenvalue weighted by molar-refractivity contribution is 5.76. The Morgan fingerprint density at radius 1 is 1.04 bits per heavy atom. The maximum atomic E-state index is 12.0. The van der Waals surface area contributed by atoms with Crippen LogP contribution < -0.4 is 5.32 Å². The monoisotopic (exact) mass is 331 g/mol. The van der Waals surface area contributed by atoms with Gasteiger partial charge in [0.1, 0.15) is 18.3 Å². The lowest BCUT2D eigenvalue weighted by atomic mass is 9.93. The first-order chi connectivity index (χ1) is 11.0. The van der Waals surface area contributed by atoms with Crippen molar-refractivity contribution in [1.29, 1.82) is 0 Å². The van der Waals surface area contributed by atoms with E-state index in [2.05, 4.69) is 12.2 Å². The summed E-state index contributed by atoms with van der Waals surface area (Å²) in [4.78, 5) is 12.0. The number of unbranched alkanes of at least 4 members (excludes halogenated alkanes) is 6. The van der Waals surface area contributed by atoms with E-state index in [4.69, 9.17) is 9.84 Å². The fraction of sp³-hybridized carbons (Fsp3) is 0.941. The highest BCUT2D eigenvalue weighted by atomic mass is 16.5. The van der Waals surface area contributed by atoms with Crippen LogP contribution in [-0.4, -0.2) is 58.3 Å². The van der Waals surface area contributed by atoms with Crippen molar-refractivity contribution < 1.29 is 24.9 Å². The number of amides is 1. The summed E-state index contributed by atoms with van der Waals surface area (Å²) >= 11 is 0. The summed E-state index contributed by atoms with van der Waals surface area (Å²) in [7, 11) is 0. The Labute approximate surface area is 139 Å². The minimum atomic E-state index is -1.19. The Bertz CT molecular complexity index is 339. The molecule has 23 heavy (non-hydrogen) atoms. The second-order valence-electron chi connectivity index (χ2n) is 6.51. The minimum Gasteiger partial charge on any atom is -0.394 e. The molecule has 0 spiro atoms. The maximum absolute atomic E-state index is 12.0. The van der Waals surface area contributed by atoms with Crippen LogP contribution in [-0.2, 0) is 9.53 Å². The molecule has 1 saturated heterocycles. The zero-order valence-electron chi connectivity index (χ0n) is 14.4. The average molecular weight is 331 g/mol. The van der Waals surface area contributed by atoms with Gasteiger partial charge in [0.2, 0.25) is 5.91 Å². The number of hydrogen-bond acceptors (Lipinski definition) is 5. The number of ether oxygens (including phenoxy) is 1. The van der Waals surface area contributed by atoms with Crippen LogP contribution in [0.25, 0.3) is 0 Å². The molecule has 0 aliphatic carbocycles. The smallest absolute Gasteiger partial charge is 0.220 e. The molecule has 136 valence electrons. The predicted octanol–water partition coefficient (Wildman–Crippen LogP) is 1.11. The van der Waals surface area contributed by atoms with Crippen molar-refractivity contribution in [2.75, 3.05) is 6.61 Å². The summed E-state index contributed by atoms with van der Waals surface area (Å²) in [6.45, 7) is 3.55. The van der Waals surface area contributed by atoms with Gasteiger partial charge in [-0.05, 0) is 13.3 Å². The minimum absolute atomic E-state index is 0.132. The van der Waals surface area contributed by atoms with Gasteiger partial charge in [-0.1, -0.05) is 45.4 Å². The molecule has 1 rings (SSSR count). The molecular weight excluding hydrogens is 298 g/mol. The summed E-state index contributed by atoms with van der Waals surface area (Å²) in [5.74, 6) is -0.132. The van der Waals surface area contributed by atoms with Crippen LogP contribution >= 0.6 is 0 Å². The van der Waals surface area contributed by atoms with Crippen molar-refractivity contribution in [3.8, 4) is 0 Å². The van der Waals surface area contributed by atoms with Gasteiger partial charge in [-0.25, -0.2) is 0 Å². The SMILES string of the molecule is CCCCCCCCCC(=O)NC1C(C)OC(CO)C(O)C1O. The largest absolute Gasteiger partial charge is 0.394 e. The summed E-state index contributed by atoms with van der Waals surface area (Å²) in [6, 6.07) is -0.648. The van der Waals surface area contributed by atoms with Crippen molar-refractivity contribution in [1.82, 2.24) is 5.32 Å². The first-order valence-electron chi connectivity index (χ1n) is 8.93. The molecular formula is C17H33NO5. The van der Waals surface area contributed by atoms with E-state index in [9.17, 15) is 15.0 Å². The highest BCUT2D eigenvalue weighted by Gasteiger charge is 2.42. The van der Waals surface area contributed by atoms with E-state index in [1.165, 1.54) is 25.7 Å². The van der Waals surface area contributed by atoms with Crippen molar-refractivity contribution in [3.63, 3.8) is 0 Å². The number of nitrogens with one attached hydrogen (secondary N) is 1. The zero-order chi connectivity index (χ0) is 17.2. The Balaban J connectivity index is 2.25. The Hall–Kier alpha value is -0.690. The lowest BCUT2D eigenvalue weighted by Crippen LogP contribution is -2.63. The van der Waals surface area contributed by atoms with E-state index in [0.29, 0.717) is 6.42 Å². The number of aliphatic hydroxyl groups is 3. The number of carbonyl (C=O) groups is 1. The molecule has 4 N–H and O–H groups in total. The number of rotatable bonds is 10. The van der Waals surface area contributed by atoms with E-state index in [1.54, 1.807) is 6.92 Å². The second kappa shape index (κ2) is 11.0. The van der Waals surface area contributed by atoms with Crippen molar-refractivity contribution >= 4 is 5.91 Å². The van der Waals surface area contributed by atoms with Gasteiger partial charge in [0.25, 0.3) is 0 Å². The number of carbonyl (C=O) groups excluding carboxylic acids is 1. The van der Waals surface area contributed by atoms with Crippen molar-refractivity contribution in [3.05, 3.63) is 0 Å². The van der Waals surface area contributed by atoms with E-state index in [-0.39, 0.29) is 12.5 Å². The van der Waals surface area contributed by atoms with Crippen LogP contribution in [0, 0.1) is 0 Å². The summed E-state index contributed by atoms with van der Waals surface area (Å²) < 4.78 is 5.44. The first kappa shape index (κ1) is 20.4. The van der Waals surface area contributed by atoms with E-state index < -0.39 is 30.5 Å². The Kier molecular flexibility index (Phi) is 9.71. The molecule has 1 aliphatic rings. The maximum Gasteiger partial charge on any atom is 0.220 e. The molecule has 0 radical (unpaired) electrons. The van der Waals surface area contributed by atoms with E-state index >= 15 is 0 Å². The van der Waals surface area contributed by atoms with Crippen LogP contribution in [0.3, 0.4) is 0 Å². The topological polar surface area (TPSA) is 99.0 Å². The number of aliphatic hydroxyl groups excluding tert-OH is 3. The van der Waals surface area contributed by atoms with Gasteiger partial charge in [-0.2, -0.15) is 0 Å². The van der Waals surface area contributed by atoms with Gasteiger partial charge in [0.05, 0.1) is 18.8 Å². The van der Waals surface area contributed by atoms with Crippen LogP contribution in [0.15, 0.2) is 0 Å². The van der Waals surface area contributed by atoms with Crippen LogP contribution in [0.1, 0.15) is 65.2 Å². The summed E-state index contributed by atoms with van der Waals surface area (Å²) in [6.07, 6.45) is 4.83. The third-order valence-electron chi connectivity index (χ3n) is 4.51. The Morgan fingerprint density at radius 3 is 2.26 bits per heavy atom. The van der Waals surface area contributed by atoms with E-state index in [0.717, 1.165) is 19.3 Å². The normalized spacial score (nSPS) is 31.1. The standard InChI is InChI=1S/C17H33NO5/c1-3-4-5-6-7-8-9-10-14(20)18-15-12(2)23-13(11-19)16(21)17(15)22/h12-13,15-17,19,21-22H,3-11H2,1-2H3,(H,18,20). The van der Waals surface area contributed by atoms with Gasteiger partial charge < -0.3 is 25.4 Å². The summed E-state index contributed by atoms with van der Waals surface area (Å²) in [5, 5.41) is 31.8. The third-order valence-corrected chi connectivity index (χ3v) is 4.51. The fourth-order valence-corrected chi connectivity index (χ4v) is 3.01. The molecule has 0 aromatic heterocycles. The molecule has 6 heteroatoms. The van der Waals surface area contributed by atoms with Gasteiger partial charge in [0, 0.05) is 6.42 Å². The first-order valence-corrected chi connectivity index (χ1v) is 8.93. The molecule has 5 unspecified atom stereocenters. The fourth-order valence-electron chi connectivity index (χ4n) is 3.01. The van der Waals surface area contributed by atoms with Gasteiger partial charge in [-0.3, -0.25) is 4.79 Å². The Morgan fingerprint density at radius 2 is 1.65 bits per heavy atom.